The zero-order valence-corrected chi connectivity index (χ0v) is 12.6. The minimum atomic E-state index is 0.250. The zero-order valence-electron chi connectivity index (χ0n) is 10.9. The van der Waals surface area contributed by atoms with Gasteiger partial charge in [0.25, 0.3) is 0 Å². The molecule has 1 heterocycles. The Labute approximate surface area is 113 Å². The van der Waals surface area contributed by atoms with Crippen LogP contribution in [0.3, 0.4) is 0 Å². The van der Waals surface area contributed by atoms with Crippen LogP contribution < -0.4 is 5.73 Å². The molecule has 1 rings (SSSR count). The predicted molar refractivity (Wildman–Crippen MR) is 79.0 cm³/mol. The molecular weight excluding hydrogens is 250 g/mol. The Hall–Kier alpha value is -0.0300. The van der Waals surface area contributed by atoms with Crippen molar-refractivity contribution in [1.82, 2.24) is 0 Å². The number of thiophene rings is 1. The summed E-state index contributed by atoms with van der Waals surface area (Å²) in [5, 5.41) is 2.60. The minimum absolute atomic E-state index is 0.250. The Morgan fingerprint density at radius 3 is 2.82 bits per heavy atom. The molecule has 1 aromatic heterocycles. The summed E-state index contributed by atoms with van der Waals surface area (Å²) in [5.74, 6) is 1.11. The van der Waals surface area contributed by atoms with Crippen molar-refractivity contribution in [3.63, 3.8) is 0 Å². The normalized spacial score (nSPS) is 14.8. The van der Waals surface area contributed by atoms with Crippen LogP contribution in [0, 0.1) is 6.92 Å². The van der Waals surface area contributed by atoms with Gasteiger partial charge in [0, 0.05) is 24.6 Å². The molecule has 0 bridgehead atoms. The van der Waals surface area contributed by atoms with Crippen molar-refractivity contribution in [1.29, 1.82) is 0 Å². The molecule has 2 N–H and O–H groups in total. The molecule has 0 radical (unpaired) electrons. The summed E-state index contributed by atoms with van der Waals surface area (Å²) in [4.78, 5) is 1.45. The minimum Gasteiger partial charge on any atom is -0.385 e. The molecule has 0 aromatic carbocycles. The Kier molecular flexibility index (Phi) is 7.19. The molecule has 17 heavy (non-hydrogen) atoms. The number of hydrogen-bond donors (Lipinski definition) is 1. The van der Waals surface area contributed by atoms with E-state index in [1.54, 1.807) is 7.11 Å². The van der Waals surface area contributed by atoms with Crippen molar-refractivity contribution in [2.75, 3.05) is 19.5 Å². The number of hydrogen-bond acceptors (Lipinski definition) is 4. The van der Waals surface area contributed by atoms with Crippen LogP contribution in [0.2, 0.25) is 0 Å². The lowest BCUT2D eigenvalue weighted by Gasteiger charge is -2.22. The average molecular weight is 273 g/mol. The van der Waals surface area contributed by atoms with Gasteiger partial charge in [-0.1, -0.05) is 6.92 Å². The second-order valence-corrected chi connectivity index (χ2v) is 6.37. The van der Waals surface area contributed by atoms with E-state index in [9.17, 15) is 0 Å². The van der Waals surface area contributed by atoms with E-state index in [1.165, 1.54) is 10.4 Å². The molecule has 2 nitrogen and oxygen atoms in total. The first-order valence-electron chi connectivity index (χ1n) is 6.10. The summed E-state index contributed by atoms with van der Waals surface area (Å²) in [6.45, 7) is 5.18. The predicted octanol–water partition coefficient (Wildman–Crippen LogP) is 3.60. The van der Waals surface area contributed by atoms with Gasteiger partial charge in [0.2, 0.25) is 0 Å². The molecule has 0 fully saturated rings. The molecule has 0 aliphatic heterocycles. The standard InChI is InChI=1S/C13H23NOS2/c1-4-11(14)13(16-8-5-7-15-3)12-10(2)6-9-17-12/h6,9,11,13H,4-5,7-8,14H2,1-3H3. The molecule has 98 valence electrons. The molecule has 2 unspecified atom stereocenters. The van der Waals surface area contributed by atoms with E-state index in [0.29, 0.717) is 5.25 Å². The van der Waals surface area contributed by atoms with Crippen LogP contribution in [0.5, 0.6) is 0 Å². The van der Waals surface area contributed by atoms with Crippen molar-refractivity contribution >= 4 is 23.1 Å². The molecule has 0 aliphatic carbocycles. The van der Waals surface area contributed by atoms with E-state index < -0.39 is 0 Å². The van der Waals surface area contributed by atoms with Crippen molar-refractivity contribution in [2.45, 2.75) is 38.0 Å². The van der Waals surface area contributed by atoms with Crippen molar-refractivity contribution in [2.24, 2.45) is 5.73 Å². The molecule has 1 aromatic rings. The maximum Gasteiger partial charge on any atom is 0.0544 e. The maximum absolute atomic E-state index is 6.25. The monoisotopic (exact) mass is 273 g/mol. The van der Waals surface area contributed by atoms with Crippen LogP contribution in [-0.4, -0.2) is 25.5 Å². The second kappa shape index (κ2) is 8.14. The van der Waals surface area contributed by atoms with E-state index >= 15 is 0 Å². The highest BCUT2D eigenvalue weighted by atomic mass is 32.2. The third-order valence-electron chi connectivity index (χ3n) is 2.81. The summed E-state index contributed by atoms with van der Waals surface area (Å²) in [7, 11) is 1.75. The third kappa shape index (κ3) is 4.62. The van der Waals surface area contributed by atoms with E-state index in [4.69, 9.17) is 10.5 Å². The third-order valence-corrected chi connectivity index (χ3v) is 5.53. The van der Waals surface area contributed by atoms with Crippen molar-refractivity contribution < 1.29 is 4.74 Å². The molecule has 0 saturated carbocycles. The lowest BCUT2D eigenvalue weighted by atomic mass is 10.1. The molecule has 4 heteroatoms. The highest BCUT2D eigenvalue weighted by molar-refractivity contribution is 7.99. The van der Waals surface area contributed by atoms with Gasteiger partial charge in [0.1, 0.15) is 0 Å². The van der Waals surface area contributed by atoms with Crippen LogP contribution in [0.4, 0.5) is 0 Å². The smallest absolute Gasteiger partial charge is 0.0544 e. The number of methoxy groups -OCH3 is 1. The molecule has 0 amide bonds. The molecular formula is C13H23NOS2. The molecule has 0 saturated heterocycles. The quantitative estimate of drug-likeness (QED) is 0.735. The number of ether oxygens (including phenoxy) is 1. The number of rotatable bonds is 8. The fourth-order valence-electron chi connectivity index (χ4n) is 1.70. The zero-order chi connectivity index (χ0) is 12.7. The first-order valence-corrected chi connectivity index (χ1v) is 8.03. The van der Waals surface area contributed by atoms with Gasteiger partial charge in [0.05, 0.1) is 5.25 Å². The number of nitrogens with two attached hydrogens (primary N) is 1. The van der Waals surface area contributed by atoms with Crippen LogP contribution >= 0.6 is 23.1 Å². The molecule has 0 aliphatic rings. The van der Waals surface area contributed by atoms with Gasteiger partial charge < -0.3 is 10.5 Å². The van der Waals surface area contributed by atoms with Gasteiger partial charge in [0.15, 0.2) is 0 Å². The van der Waals surface area contributed by atoms with Crippen molar-refractivity contribution in [3.05, 3.63) is 21.9 Å². The van der Waals surface area contributed by atoms with Crippen LogP contribution in [0.25, 0.3) is 0 Å². The largest absolute Gasteiger partial charge is 0.385 e. The SMILES string of the molecule is CCC(N)C(SCCCOC)c1sccc1C. The van der Waals surface area contributed by atoms with Crippen LogP contribution in [0.15, 0.2) is 11.4 Å². The van der Waals surface area contributed by atoms with E-state index in [1.807, 2.05) is 23.1 Å². The Bertz CT molecular complexity index is 314. The van der Waals surface area contributed by atoms with Gasteiger partial charge in [-0.05, 0) is 42.5 Å². The summed E-state index contributed by atoms with van der Waals surface area (Å²) in [6.07, 6.45) is 2.12. The van der Waals surface area contributed by atoms with Gasteiger partial charge in [-0.15, -0.1) is 11.3 Å². The van der Waals surface area contributed by atoms with Gasteiger partial charge in [-0.25, -0.2) is 0 Å². The highest BCUT2D eigenvalue weighted by Crippen LogP contribution is 2.37. The van der Waals surface area contributed by atoms with Gasteiger partial charge in [-0.2, -0.15) is 11.8 Å². The number of thioether (sulfide) groups is 1. The Balaban J connectivity index is 2.59. The Morgan fingerprint density at radius 2 is 2.29 bits per heavy atom. The molecule has 0 spiro atoms. The lowest BCUT2D eigenvalue weighted by Crippen LogP contribution is -2.25. The van der Waals surface area contributed by atoms with Gasteiger partial charge >= 0.3 is 0 Å². The second-order valence-electron chi connectivity index (χ2n) is 4.18. The summed E-state index contributed by atoms with van der Waals surface area (Å²) < 4.78 is 5.08. The maximum atomic E-state index is 6.25. The summed E-state index contributed by atoms with van der Waals surface area (Å²) in [5.41, 5.74) is 7.62. The van der Waals surface area contributed by atoms with E-state index in [-0.39, 0.29) is 6.04 Å². The fraction of sp³-hybridized carbons (Fsp3) is 0.692. The van der Waals surface area contributed by atoms with Crippen LogP contribution in [0.1, 0.15) is 35.5 Å². The van der Waals surface area contributed by atoms with Gasteiger partial charge in [-0.3, -0.25) is 0 Å². The average Bonchev–Trinajstić information content (AvgIpc) is 2.75. The lowest BCUT2D eigenvalue weighted by molar-refractivity contribution is 0.200. The van der Waals surface area contributed by atoms with Crippen LogP contribution in [-0.2, 0) is 4.74 Å². The Morgan fingerprint density at radius 1 is 1.53 bits per heavy atom. The first kappa shape index (κ1) is 15.0. The number of aryl methyl sites for hydroxylation is 1. The highest BCUT2D eigenvalue weighted by Gasteiger charge is 2.21. The summed E-state index contributed by atoms with van der Waals surface area (Å²) in [6, 6.07) is 2.44. The topological polar surface area (TPSA) is 35.2 Å². The summed E-state index contributed by atoms with van der Waals surface area (Å²) >= 11 is 3.80. The van der Waals surface area contributed by atoms with Crippen molar-refractivity contribution in [3.8, 4) is 0 Å². The first-order chi connectivity index (χ1) is 8.20. The van der Waals surface area contributed by atoms with E-state index in [0.717, 1.165) is 25.2 Å². The fourth-order valence-corrected chi connectivity index (χ4v) is 4.37. The van der Waals surface area contributed by atoms with E-state index in [2.05, 4.69) is 25.3 Å². The molecule has 2 atom stereocenters.